The van der Waals surface area contributed by atoms with Crippen molar-refractivity contribution in [1.82, 2.24) is 4.72 Å². The van der Waals surface area contributed by atoms with Crippen molar-refractivity contribution in [3.63, 3.8) is 0 Å². The second-order valence-corrected chi connectivity index (χ2v) is 8.24. The average Bonchev–Trinajstić information content (AvgIpc) is 3.14. The monoisotopic (exact) mass is 291 g/mol. The minimum atomic E-state index is -3.40. The molecule has 0 heterocycles. The lowest BCUT2D eigenvalue weighted by Crippen LogP contribution is -2.47. The number of ether oxygens (including phenoxy) is 1. The summed E-state index contributed by atoms with van der Waals surface area (Å²) in [6.45, 7) is 0.377. The molecule has 19 heavy (non-hydrogen) atoms. The lowest BCUT2D eigenvalue weighted by molar-refractivity contribution is 0.0301. The van der Waals surface area contributed by atoms with Crippen LogP contribution in [0.15, 0.2) is 0 Å². The number of hydrogen-bond acceptors (Lipinski definition) is 4. The quantitative estimate of drug-likeness (QED) is 0.720. The average molecular weight is 291 g/mol. The Labute approximate surface area is 115 Å². The van der Waals surface area contributed by atoms with Crippen LogP contribution in [0.4, 0.5) is 0 Å². The Hall–Kier alpha value is -0.170. The highest BCUT2D eigenvalue weighted by Gasteiger charge is 2.55. The topological polar surface area (TPSA) is 75.6 Å². The van der Waals surface area contributed by atoms with E-state index in [4.69, 9.17) is 4.74 Å². The van der Waals surface area contributed by atoms with Crippen LogP contribution in [-0.4, -0.2) is 44.1 Å². The number of aliphatic hydroxyl groups is 1. The van der Waals surface area contributed by atoms with Crippen LogP contribution in [0.2, 0.25) is 0 Å². The molecule has 0 radical (unpaired) electrons. The Kier molecular flexibility index (Phi) is 4.55. The van der Waals surface area contributed by atoms with E-state index in [0.717, 1.165) is 25.7 Å². The van der Waals surface area contributed by atoms with Crippen molar-refractivity contribution >= 4 is 10.0 Å². The number of sulfonamides is 1. The maximum Gasteiger partial charge on any atom is 0.219 e. The van der Waals surface area contributed by atoms with Gasteiger partial charge in [-0.25, -0.2) is 13.1 Å². The molecule has 2 saturated carbocycles. The van der Waals surface area contributed by atoms with Crippen LogP contribution in [0.5, 0.6) is 0 Å². The first-order valence-electron chi connectivity index (χ1n) is 7.14. The van der Waals surface area contributed by atoms with E-state index in [1.54, 1.807) is 0 Å². The Balaban J connectivity index is 1.94. The van der Waals surface area contributed by atoms with Crippen LogP contribution in [0.25, 0.3) is 0 Å². The molecule has 5 nitrogen and oxygen atoms in total. The Morgan fingerprint density at radius 3 is 2.16 bits per heavy atom. The maximum absolute atomic E-state index is 12.3. The summed E-state index contributed by atoms with van der Waals surface area (Å²) in [5.41, 5.74) is -0.868. The third-order valence-electron chi connectivity index (χ3n) is 4.41. The minimum absolute atomic E-state index is 0.140. The molecule has 0 aliphatic heterocycles. The van der Waals surface area contributed by atoms with Crippen molar-refractivity contribution in [2.45, 2.75) is 61.7 Å². The molecule has 0 bridgehead atoms. The molecule has 0 aromatic rings. The van der Waals surface area contributed by atoms with Crippen molar-refractivity contribution in [3.05, 3.63) is 0 Å². The van der Waals surface area contributed by atoms with Gasteiger partial charge in [-0.3, -0.25) is 0 Å². The van der Waals surface area contributed by atoms with Crippen LogP contribution >= 0.6 is 0 Å². The van der Waals surface area contributed by atoms with Gasteiger partial charge < -0.3 is 9.84 Å². The van der Waals surface area contributed by atoms with E-state index in [0.29, 0.717) is 25.7 Å². The number of nitrogens with one attached hydrogen (secondary N) is 1. The molecule has 0 aromatic heterocycles. The summed E-state index contributed by atoms with van der Waals surface area (Å²) in [7, 11) is -1.87. The van der Waals surface area contributed by atoms with Crippen molar-refractivity contribution in [2.24, 2.45) is 0 Å². The van der Waals surface area contributed by atoms with Crippen LogP contribution in [-0.2, 0) is 14.8 Å². The van der Waals surface area contributed by atoms with Gasteiger partial charge in [0, 0.05) is 13.7 Å². The van der Waals surface area contributed by atoms with Crippen molar-refractivity contribution in [2.75, 3.05) is 20.3 Å². The van der Waals surface area contributed by atoms with Crippen molar-refractivity contribution in [3.8, 4) is 0 Å². The summed E-state index contributed by atoms with van der Waals surface area (Å²) in [6.07, 6.45) is 6.87. The van der Waals surface area contributed by atoms with Crippen LogP contribution in [0.3, 0.4) is 0 Å². The van der Waals surface area contributed by atoms with E-state index in [9.17, 15) is 13.5 Å². The fraction of sp³-hybridized carbons (Fsp3) is 1.00. The molecule has 2 rings (SSSR count). The largest absolute Gasteiger partial charge is 0.389 e. The van der Waals surface area contributed by atoms with Gasteiger partial charge in [-0.2, -0.15) is 0 Å². The molecule has 2 fully saturated rings. The molecule has 2 aliphatic carbocycles. The molecule has 0 saturated heterocycles. The third-order valence-corrected chi connectivity index (χ3v) is 6.60. The van der Waals surface area contributed by atoms with Crippen LogP contribution in [0.1, 0.15) is 51.4 Å². The first-order valence-corrected chi connectivity index (χ1v) is 8.62. The zero-order valence-electron chi connectivity index (χ0n) is 11.7. The zero-order chi connectivity index (χ0) is 14.0. The fourth-order valence-corrected chi connectivity index (χ4v) is 4.52. The van der Waals surface area contributed by atoms with Gasteiger partial charge in [-0.05, 0) is 25.7 Å². The predicted octanol–water partition coefficient (Wildman–Crippen LogP) is 1.17. The molecule has 0 spiro atoms. The van der Waals surface area contributed by atoms with Gasteiger partial charge in [-0.1, -0.05) is 25.7 Å². The summed E-state index contributed by atoms with van der Waals surface area (Å²) < 4.78 is 31.4. The number of methoxy groups -OCH3 is 1. The van der Waals surface area contributed by atoms with Gasteiger partial charge in [-0.15, -0.1) is 0 Å². The summed E-state index contributed by atoms with van der Waals surface area (Å²) in [4.78, 5) is 0. The van der Waals surface area contributed by atoms with E-state index in [2.05, 4.69) is 4.72 Å². The Morgan fingerprint density at radius 1 is 1.11 bits per heavy atom. The zero-order valence-corrected chi connectivity index (χ0v) is 12.5. The SMILES string of the molecule is COCC1(S(=O)(=O)NCC2(O)CCCCCC2)CC1. The lowest BCUT2D eigenvalue weighted by Gasteiger charge is -2.28. The molecule has 0 atom stereocenters. The van der Waals surface area contributed by atoms with E-state index in [1.807, 2.05) is 0 Å². The predicted molar refractivity (Wildman–Crippen MR) is 73.4 cm³/mol. The van der Waals surface area contributed by atoms with E-state index >= 15 is 0 Å². The molecule has 0 amide bonds. The Bertz CT molecular complexity index is 395. The number of hydrogen-bond donors (Lipinski definition) is 2. The van der Waals surface area contributed by atoms with Crippen LogP contribution < -0.4 is 4.72 Å². The first-order chi connectivity index (χ1) is 8.93. The first kappa shape index (κ1) is 15.2. The summed E-state index contributed by atoms with van der Waals surface area (Å²) in [6, 6.07) is 0. The third kappa shape index (κ3) is 3.48. The van der Waals surface area contributed by atoms with E-state index in [1.165, 1.54) is 7.11 Å². The molecular formula is C13H25NO4S. The van der Waals surface area contributed by atoms with Gasteiger partial charge in [0.05, 0.1) is 12.2 Å². The molecule has 6 heteroatoms. The summed E-state index contributed by atoms with van der Waals surface area (Å²) >= 11 is 0. The van der Waals surface area contributed by atoms with Gasteiger partial charge in [0.2, 0.25) is 10.0 Å². The standard InChI is InChI=1S/C13H25NO4S/c1-18-11-13(8-9-13)19(16,17)14-10-12(15)6-4-2-3-5-7-12/h14-15H,2-11H2,1H3. The molecule has 0 aromatic carbocycles. The van der Waals surface area contributed by atoms with Gasteiger partial charge in [0.25, 0.3) is 0 Å². The molecule has 0 unspecified atom stereocenters. The van der Waals surface area contributed by atoms with Crippen molar-refractivity contribution in [1.29, 1.82) is 0 Å². The normalized spacial score (nSPS) is 25.8. The summed E-state index contributed by atoms with van der Waals surface area (Å²) in [5, 5.41) is 10.5. The molecular weight excluding hydrogens is 266 g/mol. The van der Waals surface area contributed by atoms with Crippen molar-refractivity contribution < 1.29 is 18.3 Å². The molecule has 2 N–H and O–H groups in total. The highest BCUT2D eigenvalue weighted by atomic mass is 32.2. The van der Waals surface area contributed by atoms with Gasteiger partial charge >= 0.3 is 0 Å². The molecule has 112 valence electrons. The molecule has 2 aliphatic rings. The highest BCUT2D eigenvalue weighted by molar-refractivity contribution is 7.91. The second-order valence-electron chi connectivity index (χ2n) is 6.08. The minimum Gasteiger partial charge on any atom is -0.389 e. The number of rotatable bonds is 6. The summed E-state index contributed by atoms with van der Waals surface area (Å²) in [5.74, 6) is 0. The Morgan fingerprint density at radius 2 is 1.68 bits per heavy atom. The van der Waals surface area contributed by atoms with E-state index < -0.39 is 20.4 Å². The maximum atomic E-state index is 12.3. The fourth-order valence-electron chi connectivity index (χ4n) is 2.84. The van der Waals surface area contributed by atoms with Gasteiger partial charge in [0.1, 0.15) is 4.75 Å². The van der Waals surface area contributed by atoms with Crippen LogP contribution in [0, 0.1) is 0 Å². The van der Waals surface area contributed by atoms with Gasteiger partial charge in [0.15, 0.2) is 0 Å². The smallest absolute Gasteiger partial charge is 0.219 e. The lowest BCUT2D eigenvalue weighted by atomic mass is 9.95. The van der Waals surface area contributed by atoms with E-state index in [-0.39, 0.29) is 13.2 Å². The highest BCUT2D eigenvalue weighted by Crippen LogP contribution is 2.43. The second kappa shape index (κ2) is 5.68.